The fraction of sp³-hybridized carbons (Fsp3) is 0.962. The Labute approximate surface area is 219 Å². The Kier molecular flexibility index (Phi) is 23.2. The summed E-state index contributed by atoms with van der Waals surface area (Å²) in [4.78, 5) is 20.8. The molecule has 0 aliphatic heterocycles. The van der Waals surface area contributed by atoms with Crippen molar-refractivity contribution >= 4 is 13.8 Å². The molecule has 0 aliphatic rings. The number of aliphatic hydroxyl groups excluding tert-OH is 1. The number of phosphoric ester groups is 1. The van der Waals surface area contributed by atoms with Crippen LogP contribution in [0.15, 0.2) is 0 Å². The van der Waals surface area contributed by atoms with Gasteiger partial charge in [0.2, 0.25) is 0 Å². The summed E-state index contributed by atoms with van der Waals surface area (Å²) in [6, 6.07) is 0. The molecule has 0 fully saturated rings. The van der Waals surface area contributed by atoms with E-state index >= 15 is 0 Å². The molecule has 216 valence electrons. The first-order valence-corrected chi connectivity index (χ1v) is 15.6. The van der Waals surface area contributed by atoms with Gasteiger partial charge in [0.25, 0.3) is 0 Å². The van der Waals surface area contributed by atoms with Crippen molar-refractivity contribution in [2.24, 2.45) is 11.7 Å². The molecule has 0 heterocycles. The molecule has 0 radical (unpaired) electrons. The molecule has 0 aromatic heterocycles. The van der Waals surface area contributed by atoms with Crippen LogP contribution in [0.5, 0.6) is 0 Å². The normalized spacial score (nSPS) is 15.9. The Hall–Kier alpha value is -0.540. The summed E-state index contributed by atoms with van der Waals surface area (Å²) < 4.78 is 28.5. The van der Waals surface area contributed by atoms with Gasteiger partial charge in [-0.15, -0.1) is 0 Å². The molecule has 9 nitrogen and oxygen atoms in total. The zero-order valence-electron chi connectivity index (χ0n) is 22.8. The summed E-state index contributed by atoms with van der Waals surface area (Å²) in [5.74, 6) is -1.02. The van der Waals surface area contributed by atoms with Crippen LogP contribution in [0.3, 0.4) is 0 Å². The van der Waals surface area contributed by atoms with Gasteiger partial charge in [0.1, 0.15) is 12.2 Å². The zero-order chi connectivity index (χ0) is 27.1. The smallest absolute Gasteiger partial charge is 0.472 e. The average Bonchev–Trinajstić information content (AvgIpc) is 2.84. The van der Waals surface area contributed by atoms with Crippen LogP contribution in [0.2, 0.25) is 0 Å². The number of carboxylic acid groups (broad SMARTS) is 1. The van der Waals surface area contributed by atoms with Crippen LogP contribution in [0, 0.1) is 5.92 Å². The maximum absolute atomic E-state index is 12.4. The average molecular weight is 540 g/mol. The number of phosphoric acid groups is 1. The number of aliphatic carboxylic acids is 1. The minimum atomic E-state index is -4.36. The second-order valence-electron chi connectivity index (χ2n) is 9.76. The maximum Gasteiger partial charge on any atom is 0.472 e. The van der Waals surface area contributed by atoms with Gasteiger partial charge in [-0.25, -0.2) is 4.57 Å². The molecule has 10 heteroatoms. The third-order valence-corrected chi connectivity index (χ3v) is 7.38. The second kappa shape index (κ2) is 23.6. The van der Waals surface area contributed by atoms with Gasteiger partial charge in [-0.1, -0.05) is 90.9 Å². The van der Waals surface area contributed by atoms with E-state index in [2.05, 4.69) is 6.92 Å². The second-order valence-corrected chi connectivity index (χ2v) is 11.2. The van der Waals surface area contributed by atoms with Crippen LogP contribution in [0.4, 0.5) is 0 Å². The van der Waals surface area contributed by atoms with Gasteiger partial charge in [-0.05, 0) is 25.2 Å². The molecular weight excluding hydrogens is 485 g/mol. The van der Waals surface area contributed by atoms with Gasteiger partial charge in [-0.2, -0.15) is 0 Å². The number of ether oxygens (including phenoxy) is 1. The zero-order valence-corrected chi connectivity index (χ0v) is 23.7. The fourth-order valence-corrected chi connectivity index (χ4v) is 5.27. The van der Waals surface area contributed by atoms with E-state index in [-0.39, 0.29) is 38.7 Å². The molecule has 36 heavy (non-hydrogen) atoms. The Morgan fingerprint density at radius 2 is 1.44 bits per heavy atom. The lowest BCUT2D eigenvalue weighted by molar-refractivity contribution is -0.137. The molecule has 0 spiro atoms. The Bertz CT molecular complexity index is 566. The van der Waals surface area contributed by atoms with E-state index in [1.54, 1.807) is 0 Å². The Balaban J connectivity index is 4.50. The van der Waals surface area contributed by atoms with Crippen molar-refractivity contribution in [1.82, 2.24) is 0 Å². The number of carboxylic acids is 1. The van der Waals surface area contributed by atoms with Crippen molar-refractivity contribution in [2.45, 2.75) is 129 Å². The fourth-order valence-electron chi connectivity index (χ4n) is 4.23. The first-order valence-electron chi connectivity index (χ1n) is 14.1. The first kappa shape index (κ1) is 35.5. The number of unbranched alkanes of at least 4 members (excludes halogenated alkanes) is 12. The number of rotatable bonds is 27. The third kappa shape index (κ3) is 20.5. The predicted octanol–water partition coefficient (Wildman–Crippen LogP) is 5.81. The molecule has 3 unspecified atom stereocenters. The summed E-state index contributed by atoms with van der Waals surface area (Å²) in [5.41, 5.74) is 5.37. The van der Waals surface area contributed by atoms with Crippen LogP contribution in [0.25, 0.3) is 0 Å². The van der Waals surface area contributed by atoms with Crippen molar-refractivity contribution in [3.63, 3.8) is 0 Å². The summed E-state index contributed by atoms with van der Waals surface area (Å²) in [6.45, 7) is 3.96. The topological polar surface area (TPSA) is 149 Å². The molecule has 0 rings (SSSR count). The van der Waals surface area contributed by atoms with Gasteiger partial charge in [0, 0.05) is 19.6 Å². The van der Waals surface area contributed by atoms with Crippen LogP contribution in [-0.4, -0.2) is 59.6 Å². The highest BCUT2D eigenvalue weighted by molar-refractivity contribution is 7.47. The number of carbonyl (C=O) groups is 1. The van der Waals surface area contributed by atoms with Gasteiger partial charge in [-0.3, -0.25) is 13.8 Å². The Morgan fingerprint density at radius 3 is 1.94 bits per heavy atom. The van der Waals surface area contributed by atoms with Crippen LogP contribution >= 0.6 is 7.82 Å². The Morgan fingerprint density at radius 1 is 0.889 bits per heavy atom. The predicted molar refractivity (Wildman–Crippen MR) is 143 cm³/mol. The van der Waals surface area contributed by atoms with E-state index in [0.717, 1.165) is 25.7 Å². The molecule has 0 amide bonds. The maximum atomic E-state index is 12.4. The molecule has 4 atom stereocenters. The quantitative estimate of drug-likeness (QED) is 0.0749. The van der Waals surface area contributed by atoms with Crippen LogP contribution in [-0.2, 0) is 23.1 Å². The molecule has 0 aliphatic carbocycles. The molecule has 0 saturated heterocycles. The van der Waals surface area contributed by atoms with E-state index in [1.807, 2.05) is 6.92 Å². The molecule has 0 bridgehead atoms. The molecular formula is C26H54NO8P. The van der Waals surface area contributed by atoms with E-state index < -0.39 is 26.0 Å². The summed E-state index contributed by atoms with van der Waals surface area (Å²) in [6.07, 6.45) is 15.1. The summed E-state index contributed by atoms with van der Waals surface area (Å²) in [7, 11) is -4.36. The number of nitrogens with two attached hydrogens (primary N) is 1. The summed E-state index contributed by atoms with van der Waals surface area (Å²) in [5, 5.41) is 18.7. The van der Waals surface area contributed by atoms with Gasteiger partial charge in [0.15, 0.2) is 0 Å². The third-order valence-electron chi connectivity index (χ3n) is 6.36. The van der Waals surface area contributed by atoms with Gasteiger partial charge < -0.3 is 25.6 Å². The molecule has 0 saturated carbocycles. The van der Waals surface area contributed by atoms with Crippen molar-refractivity contribution in [3.8, 4) is 0 Å². The van der Waals surface area contributed by atoms with Crippen LogP contribution in [0.1, 0.15) is 117 Å². The molecule has 0 aromatic rings. The highest BCUT2D eigenvalue weighted by atomic mass is 31.2. The number of hydrogen-bond donors (Lipinski definition) is 4. The largest absolute Gasteiger partial charge is 0.481 e. The van der Waals surface area contributed by atoms with Gasteiger partial charge >= 0.3 is 13.8 Å². The highest BCUT2D eigenvalue weighted by Crippen LogP contribution is 2.46. The SMILES string of the molecule is CCCCCCCCCCCCCCC(C)C(OP(=O)(O)OCCN)[C@H](CO)OCCCCC(=O)O. The lowest BCUT2D eigenvalue weighted by Crippen LogP contribution is -2.39. The van der Waals surface area contributed by atoms with Crippen molar-refractivity contribution in [2.75, 3.05) is 26.4 Å². The number of aliphatic hydroxyl groups is 1. The minimum Gasteiger partial charge on any atom is -0.481 e. The van der Waals surface area contributed by atoms with Crippen molar-refractivity contribution < 1.29 is 38.3 Å². The van der Waals surface area contributed by atoms with E-state index in [4.69, 9.17) is 24.6 Å². The lowest BCUT2D eigenvalue weighted by Gasteiger charge is -2.31. The van der Waals surface area contributed by atoms with E-state index in [9.17, 15) is 19.4 Å². The van der Waals surface area contributed by atoms with Crippen molar-refractivity contribution in [1.29, 1.82) is 0 Å². The van der Waals surface area contributed by atoms with E-state index in [1.165, 1.54) is 57.8 Å². The van der Waals surface area contributed by atoms with Crippen LogP contribution < -0.4 is 5.73 Å². The van der Waals surface area contributed by atoms with E-state index in [0.29, 0.717) is 12.8 Å². The lowest BCUT2D eigenvalue weighted by atomic mass is 9.93. The summed E-state index contributed by atoms with van der Waals surface area (Å²) >= 11 is 0. The first-order chi connectivity index (χ1) is 17.3. The number of hydrogen-bond acceptors (Lipinski definition) is 7. The monoisotopic (exact) mass is 539 g/mol. The highest BCUT2D eigenvalue weighted by Gasteiger charge is 2.35. The van der Waals surface area contributed by atoms with Gasteiger partial charge in [0.05, 0.1) is 13.2 Å². The standard InChI is InChI=1S/C26H54NO8P/c1-3-4-5-6-7-8-9-10-11-12-13-14-17-23(2)26(35-36(31,32)34-21-19-27)24(22-28)33-20-16-15-18-25(29)30/h23-24,26,28H,3-22,27H2,1-2H3,(H,29,30)(H,31,32)/t23?,24-,26?/m0/s1. The molecule has 5 N–H and O–H groups in total. The van der Waals surface area contributed by atoms with Crippen molar-refractivity contribution in [3.05, 3.63) is 0 Å². The molecule has 0 aromatic carbocycles. The minimum absolute atomic E-state index is 0.0429.